The molecule has 1 fully saturated rings. The maximum atomic E-state index is 11.4. The number of ketones is 1. The van der Waals surface area contributed by atoms with E-state index in [1.165, 1.54) is 0 Å². The molecule has 4 nitrogen and oxygen atoms in total. The Kier molecular flexibility index (Phi) is 4.07. The number of hydrogen-bond donors (Lipinski definition) is 1. The molecule has 0 aromatic rings. The van der Waals surface area contributed by atoms with Crippen molar-refractivity contribution in [1.82, 2.24) is 4.90 Å². The van der Waals surface area contributed by atoms with Crippen molar-refractivity contribution in [3.05, 3.63) is 0 Å². The largest absolute Gasteiger partial charge is 0.333 e. The average molecular weight is 198 g/mol. The van der Waals surface area contributed by atoms with E-state index in [-0.39, 0.29) is 17.7 Å². The zero-order valence-corrected chi connectivity index (χ0v) is 8.66. The summed E-state index contributed by atoms with van der Waals surface area (Å²) in [7, 11) is 0. The molecule has 0 aliphatic carbocycles. The van der Waals surface area contributed by atoms with Crippen LogP contribution in [0.15, 0.2) is 0 Å². The van der Waals surface area contributed by atoms with Crippen molar-refractivity contribution in [3.8, 4) is 0 Å². The topological polar surface area (TPSA) is 63.4 Å². The van der Waals surface area contributed by atoms with Crippen LogP contribution >= 0.6 is 0 Å². The van der Waals surface area contributed by atoms with Gasteiger partial charge in [-0.2, -0.15) is 0 Å². The van der Waals surface area contributed by atoms with E-state index < -0.39 is 0 Å². The lowest BCUT2D eigenvalue weighted by Crippen LogP contribution is -2.41. The first kappa shape index (κ1) is 11.2. The number of carbonyl (C=O) groups is 2. The fourth-order valence-electron chi connectivity index (χ4n) is 1.89. The summed E-state index contributed by atoms with van der Waals surface area (Å²) >= 11 is 0. The first-order valence-electron chi connectivity index (χ1n) is 5.17. The Morgan fingerprint density at radius 3 is 2.79 bits per heavy atom. The van der Waals surface area contributed by atoms with Gasteiger partial charge in [0.15, 0.2) is 5.78 Å². The van der Waals surface area contributed by atoms with E-state index in [4.69, 9.17) is 5.73 Å². The third-order valence-electron chi connectivity index (χ3n) is 2.64. The zero-order valence-electron chi connectivity index (χ0n) is 8.66. The van der Waals surface area contributed by atoms with Crippen LogP contribution in [0.1, 0.15) is 32.6 Å². The molecule has 80 valence electrons. The van der Waals surface area contributed by atoms with Gasteiger partial charge in [-0.05, 0) is 32.7 Å². The maximum Gasteiger partial charge on any atom is 0.223 e. The molecule has 1 atom stereocenters. The van der Waals surface area contributed by atoms with Crippen LogP contribution in [0.5, 0.6) is 0 Å². The van der Waals surface area contributed by atoms with Gasteiger partial charge >= 0.3 is 0 Å². The predicted octanol–water partition coefficient (Wildman–Crippen LogP) is 0.305. The Labute approximate surface area is 84.4 Å². The fourth-order valence-corrected chi connectivity index (χ4v) is 1.89. The lowest BCUT2D eigenvalue weighted by molar-refractivity contribution is -0.135. The van der Waals surface area contributed by atoms with Gasteiger partial charge in [0.2, 0.25) is 5.91 Å². The Morgan fingerprint density at radius 2 is 2.36 bits per heavy atom. The van der Waals surface area contributed by atoms with Gasteiger partial charge in [-0.3, -0.25) is 9.59 Å². The van der Waals surface area contributed by atoms with Crippen LogP contribution < -0.4 is 5.73 Å². The molecule has 1 aliphatic rings. The number of Topliss-reactive ketones (excluding diaryl/α,β-unsaturated/α-hetero) is 1. The predicted molar refractivity (Wildman–Crippen MR) is 53.7 cm³/mol. The van der Waals surface area contributed by atoms with Crippen LogP contribution in [0.25, 0.3) is 0 Å². The number of nitrogens with zero attached hydrogens (tertiary/aromatic N) is 1. The second-order valence-electron chi connectivity index (χ2n) is 3.75. The number of rotatable bonds is 5. The SMILES string of the molecule is CC(=O)[C@H](CCCN)N1CCCC1=O. The van der Waals surface area contributed by atoms with E-state index in [1.807, 2.05) is 0 Å². The monoisotopic (exact) mass is 198 g/mol. The van der Waals surface area contributed by atoms with Crippen molar-refractivity contribution in [3.63, 3.8) is 0 Å². The lowest BCUT2D eigenvalue weighted by Gasteiger charge is -2.25. The second-order valence-corrected chi connectivity index (χ2v) is 3.75. The minimum Gasteiger partial charge on any atom is -0.333 e. The molecule has 4 heteroatoms. The van der Waals surface area contributed by atoms with E-state index in [1.54, 1.807) is 11.8 Å². The quantitative estimate of drug-likeness (QED) is 0.691. The van der Waals surface area contributed by atoms with Crippen LogP contribution in [-0.4, -0.2) is 35.7 Å². The number of amides is 1. The van der Waals surface area contributed by atoms with Crippen molar-refractivity contribution >= 4 is 11.7 Å². The molecule has 1 saturated heterocycles. The standard InChI is InChI=1S/C10H18N2O2/c1-8(13)9(4-2-6-11)12-7-3-5-10(12)14/h9H,2-7,11H2,1H3/t9-/m0/s1. The fraction of sp³-hybridized carbons (Fsp3) is 0.800. The molecular weight excluding hydrogens is 180 g/mol. The summed E-state index contributed by atoms with van der Waals surface area (Å²) in [4.78, 5) is 24.5. The van der Waals surface area contributed by atoms with Crippen molar-refractivity contribution in [2.75, 3.05) is 13.1 Å². The highest BCUT2D eigenvalue weighted by molar-refractivity contribution is 5.88. The zero-order chi connectivity index (χ0) is 10.6. The highest BCUT2D eigenvalue weighted by atomic mass is 16.2. The Balaban J connectivity index is 2.57. The molecule has 1 amide bonds. The summed E-state index contributed by atoms with van der Waals surface area (Å²) < 4.78 is 0. The molecule has 0 bridgehead atoms. The molecule has 0 aromatic heterocycles. The number of carbonyl (C=O) groups excluding carboxylic acids is 2. The smallest absolute Gasteiger partial charge is 0.223 e. The van der Waals surface area contributed by atoms with E-state index in [0.717, 1.165) is 19.4 Å². The third kappa shape index (κ3) is 2.54. The first-order chi connectivity index (χ1) is 6.66. The number of nitrogens with two attached hydrogens (primary N) is 1. The van der Waals surface area contributed by atoms with Crippen LogP contribution in [-0.2, 0) is 9.59 Å². The Bertz CT molecular complexity index is 228. The summed E-state index contributed by atoms with van der Waals surface area (Å²) in [5, 5.41) is 0. The van der Waals surface area contributed by atoms with Crippen LogP contribution in [0.4, 0.5) is 0 Å². The van der Waals surface area contributed by atoms with Crippen molar-refractivity contribution in [2.24, 2.45) is 5.73 Å². The summed E-state index contributed by atoms with van der Waals surface area (Å²) in [6.07, 6.45) is 2.98. The van der Waals surface area contributed by atoms with Gasteiger partial charge in [-0.15, -0.1) is 0 Å². The van der Waals surface area contributed by atoms with Crippen LogP contribution in [0, 0.1) is 0 Å². The molecule has 2 N–H and O–H groups in total. The van der Waals surface area contributed by atoms with Gasteiger partial charge in [0.25, 0.3) is 0 Å². The van der Waals surface area contributed by atoms with E-state index in [0.29, 0.717) is 19.4 Å². The minimum atomic E-state index is -0.228. The van der Waals surface area contributed by atoms with Gasteiger partial charge in [0.1, 0.15) is 0 Å². The molecule has 0 radical (unpaired) electrons. The highest BCUT2D eigenvalue weighted by Crippen LogP contribution is 2.17. The van der Waals surface area contributed by atoms with Gasteiger partial charge < -0.3 is 10.6 Å². The van der Waals surface area contributed by atoms with Gasteiger partial charge in [0, 0.05) is 13.0 Å². The lowest BCUT2D eigenvalue weighted by atomic mass is 10.1. The molecule has 14 heavy (non-hydrogen) atoms. The Hall–Kier alpha value is -0.900. The maximum absolute atomic E-state index is 11.4. The van der Waals surface area contributed by atoms with E-state index >= 15 is 0 Å². The molecule has 1 rings (SSSR count). The van der Waals surface area contributed by atoms with Crippen molar-refractivity contribution in [2.45, 2.75) is 38.6 Å². The number of hydrogen-bond acceptors (Lipinski definition) is 3. The second kappa shape index (κ2) is 5.10. The van der Waals surface area contributed by atoms with Crippen molar-refractivity contribution < 1.29 is 9.59 Å². The van der Waals surface area contributed by atoms with Crippen LogP contribution in [0.2, 0.25) is 0 Å². The highest BCUT2D eigenvalue weighted by Gasteiger charge is 2.29. The van der Waals surface area contributed by atoms with Crippen molar-refractivity contribution in [1.29, 1.82) is 0 Å². The van der Waals surface area contributed by atoms with Gasteiger partial charge in [-0.1, -0.05) is 0 Å². The first-order valence-corrected chi connectivity index (χ1v) is 5.17. The molecular formula is C10H18N2O2. The minimum absolute atomic E-state index is 0.0775. The third-order valence-corrected chi connectivity index (χ3v) is 2.64. The van der Waals surface area contributed by atoms with Gasteiger partial charge in [0.05, 0.1) is 6.04 Å². The van der Waals surface area contributed by atoms with Crippen LogP contribution in [0.3, 0.4) is 0 Å². The molecule has 1 heterocycles. The summed E-state index contributed by atoms with van der Waals surface area (Å²) in [5.41, 5.74) is 5.40. The van der Waals surface area contributed by atoms with E-state index in [9.17, 15) is 9.59 Å². The summed E-state index contributed by atoms with van der Waals surface area (Å²) in [6, 6.07) is -0.228. The normalized spacial score (nSPS) is 18.7. The molecule has 0 saturated carbocycles. The van der Waals surface area contributed by atoms with Gasteiger partial charge in [-0.25, -0.2) is 0 Å². The molecule has 0 unspecified atom stereocenters. The summed E-state index contributed by atoms with van der Waals surface area (Å²) in [6.45, 7) is 2.85. The molecule has 0 aromatic carbocycles. The van der Waals surface area contributed by atoms with E-state index in [2.05, 4.69) is 0 Å². The average Bonchev–Trinajstić information content (AvgIpc) is 2.52. The number of likely N-dealkylation sites (tertiary alicyclic amines) is 1. The Morgan fingerprint density at radius 1 is 1.64 bits per heavy atom. The molecule has 1 aliphatic heterocycles. The summed E-state index contributed by atoms with van der Waals surface area (Å²) in [5.74, 6) is 0.191. The molecule has 0 spiro atoms.